The summed E-state index contributed by atoms with van der Waals surface area (Å²) in [6.45, 7) is 1.75. The van der Waals surface area contributed by atoms with Gasteiger partial charge in [-0.05, 0) is 25.1 Å². The van der Waals surface area contributed by atoms with Crippen molar-refractivity contribution in [1.82, 2.24) is 10.6 Å². The second-order valence-corrected chi connectivity index (χ2v) is 8.18. The van der Waals surface area contributed by atoms with Crippen molar-refractivity contribution in [3.8, 4) is 11.5 Å². The molecule has 10 heteroatoms. The second kappa shape index (κ2) is 9.05. The molecule has 9 nitrogen and oxygen atoms in total. The molecule has 150 valence electrons. The molecule has 0 radical (unpaired) electrons. The van der Waals surface area contributed by atoms with E-state index in [0.29, 0.717) is 17.1 Å². The number of rotatable bonds is 8. The van der Waals surface area contributed by atoms with E-state index >= 15 is 0 Å². The standard InChI is InChI=1S/C17H24N2O7S/c1-4-26-17(21)19-13-10-27(22,23)9-12(13)18-8-14(20)11-5-6-15(24-2)16(7-11)25-3/h5-7,12-13,18H,4,8-10H2,1-3H3,(H,19,21)/t12-,13-/m0/s1. The van der Waals surface area contributed by atoms with Crippen LogP contribution in [0.25, 0.3) is 0 Å². The van der Waals surface area contributed by atoms with Gasteiger partial charge in [-0.3, -0.25) is 4.79 Å². The van der Waals surface area contributed by atoms with Crippen molar-refractivity contribution in [3.05, 3.63) is 23.8 Å². The Bertz CT molecular complexity index is 794. The molecule has 2 N–H and O–H groups in total. The van der Waals surface area contributed by atoms with Crippen LogP contribution < -0.4 is 20.1 Å². The predicted octanol–water partition coefficient (Wildman–Crippen LogP) is 0.388. The van der Waals surface area contributed by atoms with Crippen LogP contribution in [0.1, 0.15) is 17.3 Å². The van der Waals surface area contributed by atoms with E-state index in [0.717, 1.165) is 0 Å². The molecule has 1 saturated heterocycles. The van der Waals surface area contributed by atoms with Gasteiger partial charge in [-0.2, -0.15) is 0 Å². The number of amides is 1. The van der Waals surface area contributed by atoms with Gasteiger partial charge in [-0.1, -0.05) is 0 Å². The molecular formula is C17H24N2O7S. The number of carbonyl (C=O) groups excluding carboxylic acids is 2. The van der Waals surface area contributed by atoms with Crippen molar-refractivity contribution in [1.29, 1.82) is 0 Å². The highest BCUT2D eigenvalue weighted by Crippen LogP contribution is 2.27. The summed E-state index contributed by atoms with van der Waals surface area (Å²) in [6.07, 6.45) is -0.683. The van der Waals surface area contributed by atoms with E-state index in [1.54, 1.807) is 25.1 Å². The Morgan fingerprint density at radius 2 is 1.78 bits per heavy atom. The summed E-state index contributed by atoms with van der Waals surface area (Å²) in [5, 5.41) is 5.46. The van der Waals surface area contributed by atoms with E-state index in [2.05, 4.69) is 10.6 Å². The Morgan fingerprint density at radius 3 is 2.41 bits per heavy atom. The number of nitrogens with one attached hydrogen (secondary N) is 2. The van der Waals surface area contributed by atoms with Crippen LogP contribution in [0.4, 0.5) is 4.79 Å². The minimum atomic E-state index is -3.32. The van der Waals surface area contributed by atoms with Crippen molar-refractivity contribution >= 4 is 21.7 Å². The Kier molecular flexibility index (Phi) is 7.03. The SMILES string of the molecule is CCOC(=O)N[C@H]1CS(=O)(=O)C[C@@H]1NCC(=O)c1ccc(OC)c(OC)c1. The number of hydrogen-bond donors (Lipinski definition) is 2. The zero-order valence-corrected chi connectivity index (χ0v) is 16.3. The van der Waals surface area contributed by atoms with Gasteiger partial charge >= 0.3 is 6.09 Å². The molecular weight excluding hydrogens is 376 g/mol. The topological polar surface area (TPSA) is 120 Å². The van der Waals surface area contributed by atoms with Gasteiger partial charge in [0.1, 0.15) is 0 Å². The Hall–Kier alpha value is -2.33. The third-order valence-corrected chi connectivity index (χ3v) is 5.90. The Balaban J connectivity index is 2.02. The molecule has 2 atom stereocenters. The molecule has 2 rings (SSSR count). The van der Waals surface area contributed by atoms with Crippen molar-refractivity contribution < 1.29 is 32.2 Å². The molecule has 0 bridgehead atoms. The Morgan fingerprint density at radius 1 is 1.11 bits per heavy atom. The number of carbonyl (C=O) groups is 2. The van der Waals surface area contributed by atoms with Crippen molar-refractivity contribution in [2.75, 3.05) is 38.9 Å². The van der Waals surface area contributed by atoms with Crippen LogP contribution in [0, 0.1) is 0 Å². The summed E-state index contributed by atoms with van der Waals surface area (Å²) >= 11 is 0. The maximum Gasteiger partial charge on any atom is 0.407 e. The molecule has 0 aromatic heterocycles. The maximum atomic E-state index is 12.4. The van der Waals surface area contributed by atoms with Gasteiger partial charge in [0.05, 0.1) is 44.9 Å². The summed E-state index contributed by atoms with van der Waals surface area (Å²) in [4.78, 5) is 24.0. The molecule has 0 aliphatic carbocycles. The first-order chi connectivity index (χ1) is 12.8. The number of ether oxygens (including phenoxy) is 3. The third kappa shape index (κ3) is 5.57. The quantitative estimate of drug-likeness (QED) is 0.601. The Labute approximate surface area is 158 Å². The average Bonchev–Trinajstić information content (AvgIpc) is 2.92. The lowest BCUT2D eigenvalue weighted by molar-refractivity contribution is 0.0986. The zero-order chi connectivity index (χ0) is 20.0. The molecule has 1 aliphatic rings. The molecule has 1 heterocycles. The van der Waals surface area contributed by atoms with Gasteiger partial charge in [0.25, 0.3) is 0 Å². The van der Waals surface area contributed by atoms with E-state index < -0.39 is 28.0 Å². The lowest BCUT2D eigenvalue weighted by Crippen LogP contribution is -2.50. The summed E-state index contributed by atoms with van der Waals surface area (Å²) in [5.41, 5.74) is 0.399. The first kappa shape index (κ1) is 21.0. The van der Waals surface area contributed by atoms with Crippen LogP contribution in [-0.4, -0.2) is 71.3 Å². The number of sulfone groups is 1. The fraction of sp³-hybridized carbons (Fsp3) is 0.529. The van der Waals surface area contributed by atoms with Gasteiger partial charge in [0.2, 0.25) is 0 Å². The smallest absolute Gasteiger partial charge is 0.407 e. The van der Waals surface area contributed by atoms with Gasteiger partial charge < -0.3 is 24.8 Å². The van der Waals surface area contributed by atoms with Crippen molar-refractivity contribution in [2.24, 2.45) is 0 Å². The molecule has 1 aliphatic heterocycles. The molecule has 0 saturated carbocycles. The van der Waals surface area contributed by atoms with Gasteiger partial charge in [0, 0.05) is 11.6 Å². The van der Waals surface area contributed by atoms with E-state index in [4.69, 9.17) is 14.2 Å². The lowest BCUT2D eigenvalue weighted by atomic mass is 10.1. The van der Waals surface area contributed by atoms with E-state index in [1.165, 1.54) is 14.2 Å². The largest absolute Gasteiger partial charge is 0.493 e. The summed E-state index contributed by atoms with van der Waals surface area (Å²) in [5.74, 6) is 0.323. The summed E-state index contributed by atoms with van der Waals surface area (Å²) < 4.78 is 38.9. The summed E-state index contributed by atoms with van der Waals surface area (Å²) in [7, 11) is -0.348. The van der Waals surface area contributed by atoms with Crippen LogP contribution in [0.5, 0.6) is 11.5 Å². The fourth-order valence-corrected chi connectivity index (χ4v) is 4.75. The lowest BCUT2D eigenvalue weighted by Gasteiger charge is -2.20. The number of benzene rings is 1. The van der Waals surface area contributed by atoms with Crippen molar-refractivity contribution in [3.63, 3.8) is 0 Å². The van der Waals surface area contributed by atoms with Crippen molar-refractivity contribution in [2.45, 2.75) is 19.0 Å². The highest BCUT2D eigenvalue weighted by Gasteiger charge is 2.38. The average molecular weight is 400 g/mol. The number of alkyl carbamates (subject to hydrolysis) is 1. The normalized spacial score (nSPS) is 20.7. The minimum absolute atomic E-state index is 0.0866. The first-order valence-electron chi connectivity index (χ1n) is 8.42. The molecule has 1 aromatic carbocycles. The third-order valence-electron chi connectivity index (χ3n) is 4.16. The monoisotopic (exact) mass is 400 g/mol. The van der Waals surface area contributed by atoms with Crippen LogP contribution in [0.15, 0.2) is 18.2 Å². The van der Waals surface area contributed by atoms with Crippen LogP contribution in [-0.2, 0) is 14.6 Å². The molecule has 0 unspecified atom stereocenters. The second-order valence-electron chi connectivity index (χ2n) is 6.03. The van der Waals surface area contributed by atoms with E-state index in [9.17, 15) is 18.0 Å². The highest BCUT2D eigenvalue weighted by atomic mass is 32.2. The van der Waals surface area contributed by atoms with E-state index in [-0.39, 0.29) is 30.4 Å². The van der Waals surface area contributed by atoms with Gasteiger partial charge in [-0.15, -0.1) is 0 Å². The van der Waals surface area contributed by atoms with Gasteiger partial charge in [-0.25, -0.2) is 13.2 Å². The van der Waals surface area contributed by atoms with E-state index in [1.807, 2.05) is 0 Å². The van der Waals surface area contributed by atoms with Gasteiger partial charge in [0.15, 0.2) is 27.1 Å². The molecule has 1 aromatic rings. The molecule has 0 spiro atoms. The van der Waals surface area contributed by atoms with Crippen LogP contribution >= 0.6 is 0 Å². The first-order valence-corrected chi connectivity index (χ1v) is 10.2. The number of Topliss-reactive ketones (excluding diaryl/α,β-unsaturated/α-hetero) is 1. The predicted molar refractivity (Wildman–Crippen MR) is 98.3 cm³/mol. The highest BCUT2D eigenvalue weighted by molar-refractivity contribution is 7.91. The number of ketones is 1. The molecule has 27 heavy (non-hydrogen) atoms. The molecule has 1 fully saturated rings. The minimum Gasteiger partial charge on any atom is -0.493 e. The van der Waals surface area contributed by atoms with Crippen LogP contribution in [0.2, 0.25) is 0 Å². The fourth-order valence-electron chi connectivity index (χ4n) is 2.85. The number of methoxy groups -OCH3 is 2. The number of hydrogen-bond acceptors (Lipinski definition) is 8. The van der Waals surface area contributed by atoms with Crippen LogP contribution in [0.3, 0.4) is 0 Å². The maximum absolute atomic E-state index is 12.4. The molecule has 1 amide bonds. The zero-order valence-electron chi connectivity index (χ0n) is 15.5. The summed E-state index contributed by atoms with van der Waals surface area (Å²) in [6, 6.07) is 3.54.